The third-order valence-corrected chi connectivity index (χ3v) is 5.09. The smallest absolute Gasteiger partial charge is 0.237 e. The van der Waals surface area contributed by atoms with E-state index in [4.69, 9.17) is 4.74 Å². The molecule has 1 aliphatic carbocycles. The van der Waals surface area contributed by atoms with Crippen molar-refractivity contribution >= 4 is 16.3 Å². The molecule has 2 aromatic rings. The van der Waals surface area contributed by atoms with Crippen LogP contribution in [0.5, 0.6) is 5.88 Å². The molecule has 2 heterocycles. The molecule has 20 heavy (non-hydrogen) atoms. The van der Waals surface area contributed by atoms with Crippen LogP contribution in [0, 0.1) is 5.92 Å². The monoisotopic (exact) mass is 293 g/mol. The van der Waals surface area contributed by atoms with Crippen molar-refractivity contribution in [2.75, 3.05) is 7.11 Å². The summed E-state index contributed by atoms with van der Waals surface area (Å²) in [6, 6.07) is 0.633. The number of fused-ring (bicyclic) bond motifs is 1. The van der Waals surface area contributed by atoms with Crippen molar-refractivity contribution in [2.24, 2.45) is 5.92 Å². The number of hydrogen-bond donors (Lipinski definition) is 1. The van der Waals surface area contributed by atoms with E-state index in [0.717, 1.165) is 29.0 Å². The van der Waals surface area contributed by atoms with Crippen LogP contribution in [0.15, 0.2) is 11.6 Å². The molecule has 2 unspecified atom stereocenters. The summed E-state index contributed by atoms with van der Waals surface area (Å²) in [7, 11) is 1.70. The molecule has 0 aromatic carbocycles. The van der Waals surface area contributed by atoms with Gasteiger partial charge in [0.2, 0.25) is 5.88 Å². The van der Waals surface area contributed by atoms with Crippen LogP contribution in [-0.4, -0.2) is 22.5 Å². The van der Waals surface area contributed by atoms with Crippen molar-refractivity contribution < 1.29 is 4.74 Å². The maximum Gasteiger partial charge on any atom is 0.237 e. The first-order valence-electron chi connectivity index (χ1n) is 7.49. The lowest BCUT2D eigenvalue weighted by Gasteiger charge is -2.16. The molecule has 0 amide bonds. The summed E-state index contributed by atoms with van der Waals surface area (Å²) in [6.45, 7) is 3.21. The zero-order chi connectivity index (χ0) is 13.9. The highest BCUT2D eigenvalue weighted by Gasteiger charge is 2.18. The summed E-state index contributed by atoms with van der Waals surface area (Å²) in [6.07, 6.45) is 8.71. The predicted octanol–water partition coefficient (Wildman–Crippen LogP) is 3.46. The number of methoxy groups -OCH3 is 1. The first kappa shape index (κ1) is 13.9. The molecule has 0 aliphatic heterocycles. The van der Waals surface area contributed by atoms with Gasteiger partial charge in [-0.2, -0.15) is 4.98 Å². The number of ether oxygens (including phenoxy) is 1. The van der Waals surface area contributed by atoms with Crippen molar-refractivity contribution in [3.63, 3.8) is 0 Å². The van der Waals surface area contributed by atoms with Crippen LogP contribution < -0.4 is 10.1 Å². The Bertz CT molecular complexity index is 562. The van der Waals surface area contributed by atoms with Crippen LogP contribution in [0.25, 0.3) is 4.96 Å². The summed E-state index contributed by atoms with van der Waals surface area (Å²) in [4.78, 5) is 5.51. The minimum Gasteiger partial charge on any atom is -0.480 e. The Morgan fingerprint density at radius 1 is 1.40 bits per heavy atom. The van der Waals surface area contributed by atoms with Crippen molar-refractivity contribution in [3.05, 3.63) is 17.3 Å². The van der Waals surface area contributed by atoms with Gasteiger partial charge in [0.15, 0.2) is 4.96 Å². The summed E-state index contributed by atoms with van der Waals surface area (Å²) >= 11 is 1.65. The third kappa shape index (κ3) is 2.83. The molecule has 0 spiro atoms. The van der Waals surface area contributed by atoms with E-state index in [1.165, 1.54) is 32.1 Å². The quantitative estimate of drug-likeness (QED) is 0.877. The van der Waals surface area contributed by atoms with Crippen LogP contribution in [0.3, 0.4) is 0 Å². The van der Waals surface area contributed by atoms with Gasteiger partial charge in [-0.15, -0.1) is 11.3 Å². The van der Waals surface area contributed by atoms with Gasteiger partial charge < -0.3 is 10.1 Å². The van der Waals surface area contributed by atoms with E-state index in [1.807, 2.05) is 0 Å². The molecule has 1 saturated carbocycles. The van der Waals surface area contributed by atoms with Gasteiger partial charge in [0.1, 0.15) is 5.69 Å². The molecule has 2 aromatic heterocycles. The predicted molar refractivity (Wildman–Crippen MR) is 82.5 cm³/mol. The van der Waals surface area contributed by atoms with Gasteiger partial charge in [-0.3, -0.25) is 4.40 Å². The highest BCUT2D eigenvalue weighted by atomic mass is 32.1. The van der Waals surface area contributed by atoms with Crippen LogP contribution in [0.1, 0.15) is 44.7 Å². The van der Waals surface area contributed by atoms with Crippen LogP contribution in [0.4, 0.5) is 0 Å². The fourth-order valence-electron chi connectivity index (χ4n) is 3.07. The molecule has 5 heteroatoms. The van der Waals surface area contributed by atoms with Crippen LogP contribution >= 0.6 is 11.3 Å². The summed E-state index contributed by atoms with van der Waals surface area (Å²) in [5.74, 6) is 1.64. The molecule has 110 valence electrons. The Hall–Kier alpha value is -1.07. The molecule has 3 rings (SSSR count). The number of imidazole rings is 1. The van der Waals surface area contributed by atoms with Gasteiger partial charge in [-0.05, 0) is 25.2 Å². The molecule has 4 nitrogen and oxygen atoms in total. The molecular formula is C15H23N3OS. The van der Waals surface area contributed by atoms with Crippen molar-refractivity contribution in [2.45, 2.75) is 51.6 Å². The number of nitrogens with one attached hydrogen (secondary N) is 1. The molecule has 1 N–H and O–H groups in total. The molecule has 1 aliphatic rings. The molecule has 0 saturated heterocycles. The van der Waals surface area contributed by atoms with Gasteiger partial charge in [-0.25, -0.2) is 0 Å². The number of rotatable bonds is 4. The minimum absolute atomic E-state index is 0.633. The van der Waals surface area contributed by atoms with Crippen molar-refractivity contribution in [1.82, 2.24) is 14.7 Å². The Morgan fingerprint density at radius 3 is 3.15 bits per heavy atom. The molecule has 2 atom stereocenters. The topological polar surface area (TPSA) is 38.6 Å². The first-order valence-corrected chi connectivity index (χ1v) is 8.37. The molecular weight excluding hydrogens is 270 g/mol. The average Bonchev–Trinajstić information content (AvgIpc) is 2.95. The van der Waals surface area contributed by atoms with Gasteiger partial charge in [0.25, 0.3) is 0 Å². The number of hydrogen-bond acceptors (Lipinski definition) is 4. The molecule has 0 radical (unpaired) electrons. The average molecular weight is 293 g/mol. The largest absolute Gasteiger partial charge is 0.480 e. The molecule has 1 fully saturated rings. The maximum atomic E-state index is 5.41. The van der Waals surface area contributed by atoms with E-state index in [9.17, 15) is 0 Å². The Kier molecular flexibility index (Phi) is 4.27. The summed E-state index contributed by atoms with van der Waals surface area (Å²) in [5.41, 5.74) is 1.14. The van der Waals surface area contributed by atoms with Crippen LogP contribution in [-0.2, 0) is 6.54 Å². The summed E-state index contributed by atoms with van der Waals surface area (Å²) < 4.78 is 7.54. The highest BCUT2D eigenvalue weighted by molar-refractivity contribution is 7.15. The minimum atomic E-state index is 0.633. The standard InChI is InChI=1S/C15H23N3OS/c1-11-4-3-5-12(7-6-11)16-10-13-14(19-2)17-15-18(13)8-9-20-15/h8-9,11-12,16H,3-7,10H2,1-2H3. The Balaban J connectivity index is 1.68. The lowest BCUT2D eigenvalue weighted by atomic mass is 10.0. The normalized spacial score (nSPS) is 23.9. The third-order valence-electron chi connectivity index (χ3n) is 4.33. The second kappa shape index (κ2) is 6.14. The lowest BCUT2D eigenvalue weighted by molar-refractivity contribution is 0.386. The van der Waals surface area contributed by atoms with E-state index >= 15 is 0 Å². The van der Waals surface area contributed by atoms with Crippen LogP contribution in [0.2, 0.25) is 0 Å². The second-order valence-corrected chi connectivity index (χ2v) is 6.69. The fraction of sp³-hybridized carbons (Fsp3) is 0.667. The van der Waals surface area contributed by atoms with E-state index in [0.29, 0.717) is 6.04 Å². The highest BCUT2D eigenvalue weighted by Crippen LogP contribution is 2.25. The van der Waals surface area contributed by atoms with E-state index in [2.05, 4.69) is 33.2 Å². The summed E-state index contributed by atoms with van der Waals surface area (Å²) in [5, 5.41) is 5.77. The first-order chi connectivity index (χ1) is 9.78. The maximum absolute atomic E-state index is 5.41. The van der Waals surface area contributed by atoms with Gasteiger partial charge in [0.05, 0.1) is 7.11 Å². The van der Waals surface area contributed by atoms with E-state index < -0.39 is 0 Å². The zero-order valence-corrected chi connectivity index (χ0v) is 13.1. The Labute approximate surface area is 124 Å². The number of nitrogens with zero attached hydrogens (tertiary/aromatic N) is 2. The number of thiazole rings is 1. The zero-order valence-electron chi connectivity index (χ0n) is 12.3. The SMILES string of the molecule is COc1nc2sccn2c1CNC1CCCC(C)CC1. The van der Waals surface area contributed by atoms with Gasteiger partial charge >= 0.3 is 0 Å². The second-order valence-electron chi connectivity index (χ2n) is 5.81. The van der Waals surface area contributed by atoms with Gasteiger partial charge in [0, 0.05) is 24.2 Å². The lowest BCUT2D eigenvalue weighted by Crippen LogP contribution is -2.28. The number of aromatic nitrogens is 2. The molecule has 0 bridgehead atoms. The van der Waals surface area contributed by atoms with Crippen molar-refractivity contribution in [1.29, 1.82) is 0 Å². The van der Waals surface area contributed by atoms with Gasteiger partial charge in [-0.1, -0.05) is 19.8 Å². The van der Waals surface area contributed by atoms with E-state index in [-0.39, 0.29) is 0 Å². The fourth-order valence-corrected chi connectivity index (χ4v) is 3.79. The van der Waals surface area contributed by atoms with E-state index in [1.54, 1.807) is 18.4 Å². The van der Waals surface area contributed by atoms with Crippen molar-refractivity contribution in [3.8, 4) is 5.88 Å². The Morgan fingerprint density at radius 2 is 2.30 bits per heavy atom.